The molecule has 130 valence electrons. The second kappa shape index (κ2) is 7.29. The summed E-state index contributed by atoms with van der Waals surface area (Å²) in [4.78, 5) is 34.8. The molecule has 2 rings (SSSR count). The van der Waals surface area contributed by atoms with Crippen molar-refractivity contribution in [2.45, 2.75) is 38.8 Å². The summed E-state index contributed by atoms with van der Waals surface area (Å²) in [5.41, 5.74) is 0.360. The number of amides is 1. The molecule has 1 aromatic carbocycles. The van der Waals surface area contributed by atoms with Crippen molar-refractivity contribution in [1.82, 2.24) is 5.32 Å². The third kappa shape index (κ3) is 4.21. The quantitative estimate of drug-likeness (QED) is 0.448. The van der Waals surface area contributed by atoms with Crippen LogP contribution in [0.3, 0.4) is 0 Å². The maximum absolute atomic E-state index is 12.3. The Bertz CT molecular complexity index is 655. The van der Waals surface area contributed by atoms with Crippen LogP contribution in [-0.2, 0) is 9.53 Å². The van der Waals surface area contributed by atoms with E-state index in [0.29, 0.717) is 5.69 Å². The van der Waals surface area contributed by atoms with Gasteiger partial charge in [-0.25, -0.2) is 4.79 Å². The van der Waals surface area contributed by atoms with Crippen molar-refractivity contribution in [3.8, 4) is 0 Å². The fourth-order valence-corrected chi connectivity index (χ4v) is 2.24. The number of anilines is 1. The number of esters is 1. The van der Waals surface area contributed by atoms with Gasteiger partial charge in [0, 0.05) is 17.7 Å². The molecule has 0 spiro atoms. The van der Waals surface area contributed by atoms with Crippen molar-refractivity contribution in [2.75, 3.05) is 12.4 Å². The molecule has 1 saturated carbocycles. The van der Waals surface area contributed by atoms with E-state index in [4.69, 9.17) is 0 Å². The Morgan fingerprint density at radius 1 is 1.33 bits per heavy atom. The molecule has 1 amide bonds. The predicted molar refractivity (Wildman–Crippen MR) is 87.8 cm³/mol. The highest BCUT2D eigenvalue weighted by atomic mass is 16.6. The third-order valence-electron chi connectivity index (χ3n) is 3.80. The van der Waals surface area contributed by atoms with Crippen LogP contribution in [0, 0.1) is 16.0 Å². The van der Waals surface area contributed by atoms with Crippen LogP contribution in [-0.4, -0.2) is 36.0 Å². The molecule has 1 aromatic rings. The molecule has 0 aromatic heterocycles. The first-order valence-electron chi connectivity index (χ1n) is 7.77. The normalized spacial score (nSPS) is 14.8. The summed E-state index contributed by atoms with van der Waals surface area (Å²) in [7, 11) is 1.24. The van der Waals surface area contributed by atoms with Gasteiger partial charge in [-0.15, -0.1) is 0 Å². The Kier molecular flexibility index (Phi) is 5.38. The Balaban J connectivity index is 2.20. The lowest BCUT2D eigenvalue weighted by atomic mass is 10.0. The minimum Gasteiger partial charge on any atom is -0.467 e. The molecule has 0 radical (unpaired) electrons. The van der Waals surface area contributed by atoms with Gasteiger partial charge in [-0.3, -0.25) is 14.9 Å². The van der Waals surface area contributed by atoms with Gasteiger partial charge >= 0.3 is 5.97 Å². The maximum Gasteiger partial charge on any atom is 0.328 e. The lowest BCUT2D eigenvalue weighted by Gasteiger charge is -2.19. The molecular formula is C16H21N3O5. The van der Waals surface area contributed by atoms with Gasteiger partial charge in [0.25, 0.3) is 11.6 Å². The van der Waals surface area contributed by atoms with E-state index in [1.807, 2.05) is 0 Å². The minimum atomic E-state index is -0.814. The number of nitrogens with zero attached hydrogens (tertiary/aromatic N) is 1. The molecule has 0 heterocycles. The van der Waals surface area contributed by atoms with Gasteiger partial charge in [-0.05, 0) is 30.9 Å². The molecule has 8 nitrogen and oxygen atoms in total. The van der Waals surface area contributed by atoms with Crippen LogP contribution in [0.15, 0.2) is 18.2 Å². The molecule has 2 N–H and O–H groups in total. The fraction of sp³-hybridized carbons (Fsp3) is 0.500. The number of methoxy groups -OCH3 is 1. The SMILES string of the molecule is COC(=O)C(NC(=O)c1ccc(NC2CC2)c([N+](=O)[O-])c1)C(C)C. The highest BCUT2D eigenvalue weighted by Crippen LogP contribution is 2.31. The molecule has 1 fully saturated rings. The number of carbonyl (C=O) groups excluding carboxylic acids is 2. The van der Waals surface area contributed by atoms with Crippen molar-refractivity contribution in [3.63, 3.8) is 0 Å². The number of nitro groups is 1. The van der Waals surface area contributed by atoms with Crippen LogP contribution in [0.4, 0.5) is 11.4 Å². The molecule has 1 aliphatic rings. The zero-order chi connectivity index (χ0) is 17.9. The van der Waals surface area contributed by atoms with E-state index in [2.05, 4.69) is 15.4 Å². The van der Waals surface area contributed by atoms with E-state index >= 15 is 0 Å². The molecule has 0 saturated heterocycles. The Morgan fingerprint density at radius 2 is 2.00 bits per heavy atom. The van der Waals surface area contributed by atoms with Crippen molar-refractivity contribution < 1.29 is 19.2 Å². The standard InChI is InChI=1S/C16H21N3O5/c1-9(2)14(16(21)24-3)18-15(20)10-4-7-12(17-11-5-6-11)13(8-10)19(22)23/h4,7-9,11,14,17H,5-6H2,1-3H3,(H,18,20). The van der Waals surface area contributed by atoms with Gasteiger partial charge in [0.05, 0.1) is 12.0 Å². The molecule has 1 unspecified atom stereocenters. The number of carbonyl (C=O) groups is 2. The summed E-state index contributed by atoms with van der Waals surface area (Å²) in [6.45, 7) is 3.54. The Hall–Kier alpha value is -2.64. The van der Waals surface area contributed by atoms with E-state index in [1.54, 1.807) is 13.8 Å². The number of nitrogens with one attached hydrogen (secondary N) is 2. The average Bonchev–Trinajstić information content (AvgIpc) is 3.35. The molecule has 1 atom stereocenters. The highest BCUT2D eigenvalue weighted by molar-refractivity contribution is 5.98. The molecule has 0 bridgehead atoms. The summed E-state index contributed by atoms with van der Waals surface area (Å²) >= 11 is 0. The number of benzene rings is 1. The van der Waals surface area contributed by atoms with E-state index in [9.17, 15) is 19.7 Å². The lowest BCUT2D eigenvalue weighted by molar-refractivity contribution is -0.384. The zero-order valence-electron chi connectivity index (χ0n) is 13.9. The monoisotopic (exact) mass is 335 g/mol. The van der Waals surface area contributed by atoms with Crippen LogP contribution < -0.4 is 10.6 Å². The second-order valence-electron chi connectivity index (χ2n) is 6.13. The average molecular weight is 335 g/mol. The van der Waals surface area contributed by atoms with Crippen LogP contribution in [0.5, 0.6) is 0 Å². The third-order valence-corrected chi connectivity index (χ3v) is 3.80. The number of ether oxygens (including phenoxy) is 1. The first kappa shape index (κ1) is 17.7. The molecule has 1 aliphatic carbocycles. The van der Waals surface area contributed by atoms with Crippen LogP contribution in [0.2, 0.25) is 0 Å². The number of hydrogen-bond acceptors (Lipinski definition) is 6. The van der Waals surface area contributed by atoms with Gasteiger partial charge in [-0.2, -0.15) is 0 Å². The van der Waals surface area contributed by atoms with Gasteiger partial charge in [-0.1, -0.05) is 13.8 Å². The van der Waals surface area contributed by atoms with Crippen LogP contribution in [0.1, 0.15) is 37.0 Å². The van der Waals surface area contributed by atoms with Crippen LogP contribution >= 0.6 is 0 Å². The van der Waals surface area contributed by atoms with E-state index in [0.717, 1.165) is 12.8 Å². The fourth-order valence-electron chi connectivity index (χ4n) is 2.24. The summed E-state index contributed by atoms with van der Waals surface area (Å²) in [6, 6.07) is 3.68. The van der Waals surface area contributed by atoms with Crippen LogP contribution in [0.25, 0.3) is 0 Å². The predicted octanol–water partition coefficient (Wildman–Crippen LogP) is 2.10. The van der Waals surface area contributed by atoms with Gasteiger partial charge < -0.3 is 15.4 Å². The molecule has 8 heteroatoms. The second-order valence-corrected chi connectivity index (χ2v) is 6.13. The summed E-state index contributed by atoms with van der Waals surface area (Å²) in [6.07, 6.45) is 1.96. The molecular weight excluding hydrogens is 314 g/mol. The van der Waals surface area contributed by atoms with Crippen molar-refractivity contribution in [3.05, 3.63) is 33.9 Å². The van der Waals surface area contributed by atoms with Gasteiger partial charge in [0.15, 0.2) is 0 Å². The Labute approximate surface area is 139 Å². The van der Waals surface area contributed by atoms with Gasteiger partial charge in [0.2, 0.25) is 0 Å². The summed E-state index contributed by atoms with van der Waals surface area (Å²) in [5.74, 6) is -1.28. The topological polar surface area (TPSA) is 111 Å². The number of rotatable bonds is 7. The number of nitro benzene ring substituents is 1. The minimum absolute atomic E-state index is 0.123. The smallest absolute Gasteiger partial charge is 0.328 e. The number of hydrogen-bond donors (Lipinski definition) is 2. The molecule has 0 aliphatic heterocycles. The lowest BCUT2D eigenvalue weighted by Crippen LogP contribution is -2.45. The first-order valence-corrected chi connectivity index (χ1v) is 7.77. The van der Waals surface area contributed by atoms with Crippen molar-refractivity contribution >= 4 is 23.3 Å². The van der Waals surface area contributed by atoms with E-state index < -0.39 is 22.8 Å². The zero-order valence-corrected chi connectivity index (χ0v) is 13.9. The van der Waals surface area contributed by atoms with Crippen molar-refractivity contribution in [2.24, 2.45) is 5.92 Å². The molecule has 24 heavy (non-hydrogen) atoms. The summed E-state index contributed by atoms with van der Waals surface area (Å²) < 4.78 is 4.67. The van der Waals surface area contributed by atoms with Gasteiger partial charge in [0.1, 0.15) is 11.7 Å². The first-order chi connectivity index (χ1) is 11.3. The van der Waals surface area contributed by atoms with Crippen molar-refractivity contribution in [1.29, 1.82) is 0 Å². The van der Waals surface area contributed by atoms with E-state index in [1.165, 1.54) is 25.3 Å². The summed E-state index contributed by atoms with van der Waals surface area (Å²) in [5, 5.41) is 16.9. The van der Waals surface area contributed by atoms with E-state index in [-0.39, 0.29) is 23.2 Å². The largest absolute Gasteiger partial charge is 0.467 e. The maximum atomic E-state index is 12.3. The highest BCUT2D eigenvalue weighted by Gasteiger charge is 2.28. The Morgan fingerprint density at radius 3 is 2.50 bits per heavy atom.